The summed E-state index contributed by atoms with van der Waals surface area (Å²) in [5.74, 6) is 1.37. The zero-order valence-corrected chi connectivity index (χ0v) is 9.30. The van der Waals surface area contributed by atoms with E-state index in [-0.39, 0.29) is 0 Å². The molecule has 14 heavy (non-hydrogen) atoms. The molecule has 0 bridgehead atoms. The third-order valence-electron chi connectivity index (χ3n) is 2.34. The van der Waals surface area contributed by atoms with Crippen molar-refractivity contribution in [3.63, 3.8) is 0 Å². The average Bonchev–Trinajstić information content (AvgIpc) is 2.58. The van der Waals surface area contributed by atoms with Crippen molar-refractivity contribution in [2.45, 2.75) is 37.5 Å². The molecular formula is C9H18N2O2S. The number of hydrogen-bond acceptors (Lipinski definition) is 4. The quantitative estimate of drug-likeness (QED) is 0.241. The van der Waals surface area contributed by atoms with Gasteiger partial charge in [0.2, 0.25) is 0 Å². The van der Waals surface area contributed by atoms with Crippen molar-refractivity contribution < 1.29 is 9.94 Å². The molecule has 0 amide bonds. The summed E-state index contributed by atoms with van der Waals surface area (Å²) in [5, 5.41) is 11.9. The van der Waals surface area contributed by atoms with Gasteiger partial charge in [-0.15, -0.1) is 0 Å². The Morgan fingerprint density at radius 3 is 3.07 bits per heavy atom. The van der Waals surface area contributed by atoms with E-state index in [1.54, 1.807) is 0 Å². The van der Waals surface area contributed by atoms with Crippen LogP contribution in [0, 0.1) is 0 Å². The summed E-state index contributed by atoms with van der Waals surface area (Å²) >= 11 is 1.93. The molecule has 2 atom stereocenters. The van der Waals surface area contributed by atoms with Gasteiger partial charge in [0.15, 0.2) is 0 Å². The lowest BCUT2D eigenvalue weighted by Crippen LogP contribution is -2.15. The van der Waals surface area contributed by atoms with Crippen molar-refractivity contribution in [2.24, 2.45) is 10.9 Å². The predicted molar refractivity (Wildman–Crippen MR) is 58.9 cm³/mol. The highest BCUT2D eigenvalue weighted by Crippen LogP contribution is 2.26. The molecule has 0 spiro atoms. The highest BCUT2D eigenvalue weighted by molar-refractivity contribution is 7.99. The minimum atomic E-state index is 0.321. The maximum absolute atomic E-state index is 8.32. The monoisotopic (exact) mass is 218 g/mol. The first-order valence-electron chi connectivity index (χ1n) is 4.93. The third-order valence-corrected chi connectivity index (χ3v) is 3.92. The molecule has 1 rings (SSSR count). The van der Waals surface area contributed by atoms with Crippen LogP contribution in [0.5, 0.6) is 0 Å². The second-order valence-corrected chi connectivity index (χ2v) is 4.82. The van der Waals surface area contributed by atoms with E-state index in [2.05, 4.69) is 12.1 Å². The molecule has 1 fully saturated rings. The van der Waals surface area contributed by atoms with Crippen LogP contribution in [0.1, 0.15) is 26.2 Å². The van der Waals surface area contributed by atoms with Crippen LogP contribution >= 0.6 is 11.8 Å². The van der Waals surface area contributed by atoms with Gasteiger partial charge in [0.25, 0.3) is 0 Å². The summed E-state index contributed by atoms with van der Waals surface area (Å²) in [5.41, 5.74) is 5.36. The number of rotatable bonds is 5. The summed E-state index contributed by atoms with van der Waals surface area (Å²) in [6.07, 6.45) is 3.16. The van der Waals surface area contributed by atoms with E-state index >= 15 is 0 Å². The molecule has 1 aliphatic heterocycles. The zero-order chi connectivity index (χ0) is 10.4. The summed E-state index contributed by atoms with van der Waals surface area (Å²) in [6, 6.07) is 0. The number of oxime groups is 1. The van der Waals surface area contributed by atoms with E-state index in [4.69, 9.17) is 15.7 Å². The first-order chi connectivity index (χ1) is 6.74. The summed E-state index contributed by atoms with van der Waals surface area (Å²) in [4.78, 5) is 0. The molecule has 82 valence electrons. The molecule has 0 aromatic heterocycles. The lowest BCUT2D eigenvalue weighted by molar-refractivity contribution is 0.127. The van der Waals surface area contributed by atoms with Gasteiger partial charge in [-0.25, -0.2) is 0 Å². The fourth-order valence-electron chi connectivity index (χ4n) is 1.47. The van der Waals surface area contributed by atoms with Crippen molar-refractivity contribution in [1.82, 2.24) is 0 Å². The summed E-state index contributed by atoms with van der Waals surface area (Å²) in [6.45, 7) is 3.01. The van der Waals surface area contributed by atoms with E-state index in [1.165, 1.54) is 0 Å². The number of hydrogen-bond donors (Lipinski definition) is 2. The van der Waals surface area contributed by atoms with E-state index in [1.807, 2.05) is 11.8 Å². The fraction of sp³-hybridized carbons (Fsp3) is 0.889. The molecule has 1 heterocycles. The number of ether oxygens (including phenoxy) is 1. The van der Waals surface area contributed by atoms with Crippen molar-refractivity contribution in [2.75, 3.05) is 12.4 Å². The Hall–Kier alpha value is -0.420. The van der Waals surface area contributed by atoms with Crippen LogP contribution in [0.2, 0.25) is 0 Å². The Labute approximate surface area is 88.9 Å². The van der Waals surface area contributed by atoms with Crippen LogP contribution in [0.15, 0.2) is 5.16 Å². The molecule has 0 radical (unpaired) electrons. The molecule has 0 saturated carbocycles. The third kappa shape index (κ3) is 3.75. The fourth-order valence-corrected chi connectivity index (χ4v) is 2.70. The van der Waals surface area contributed by atoms with Gasteiger partial charge in [-0.1, -0.05) is 5.16 Å². The molecule has 1 saturated heterocycles. The normalized spacial score (nSPS) is 28.2. The highest BCUT2D eigenvalue weighted by Gasteiger charge is 2.23. The Kier molecular flexibility index (Phi) is 5.11. The maximum Gasteiger partial charge on any atom is 0.139 e. The second kappa shape index (κ2) is 6.14. The van der Waals surface area contributed by atoms with E-state index in [0.717, 1.165) is 25.2 Å². The van der Waals surface area contributed by atoms with Crippen molar-refractivity contribution >= 4 is 17.6 Å². The summed E-state index contributed by atoms with van der Waals surface area (Å²) in [7, 11) is 0. The molecule has 5 heteroatoms. The van der Waals surface area contributed by atoms with Crippen LogP contribution in [0.4, 0.5) is 0 Å². The van der Waals surface area contributed by atoms with Crippen LogP contribution in [0.3, 0.4) is 0 Å². The molecule has 1 aliphatic rings. The summed E-state index contributed by atoms with van der Waals surface area (Å²) < 4.78 is 5.46. The standard InChI is InChI=1S/C9H18N2O2S/c1-7-8(4-5-13-7)14-6-2-3-9(10)11-12/h7-8,12H,2-6H2,1H3,(H2,10,11). The predicted octanol–water partition coefficient (Wildman–Crippen LogP) is 1.42. The van der Waals surface area contributed by atoms with Gasteiger partial charge in [-0.05, 0) is 25.5 Å². The average molecular weight is 218 g/mol. The number of amidine groups is 1. The first-order valence-corrected chi connectivity index (χ1v) is 5.98. The Morgan fingerprint density at radius 2 is 2.50 bits per heavy atom. The molecule has 0 aromatic carbocycles. The van der Waals surface area contributed by atoms with Gasteiger partial charge in [0, 0.05) is 18.3 Å². The first kappa shape index (κ1) is 11.7. The molecule has 0 aliphatic carbocycles. The van der Waals surface area contributed by atoms with Crippen LogP contribution in [-0.4, -0.2) is 34.8 Å². The minimum Gasteiger partial charge on any atom is -0.409 e. The number of thioether (sulfide) groups is 1. The maximum atomic E-state index is 8.32. The van der Waals surface area contributed by atoms with Crippen LogP contribution < -0.4 is 5.73 Å². The lowest BCUT2D eigenvalue weighted by Gasteiger charge is -2.12. The van der Waals surface area contributed by atoms with Crippen molar-refractivity contribution in [3.8, 4) is 0 Å². The molecule has 2 unspecified atom stereocenters. The van der Waals surface area contributed by atoms with Crippen LogP contribution in [-0.2, 0) is 4.74 Å². The lowest BCUT2D eigenvalue weighted by atomic mass is 10.3. The van der Waals surface area contributed by atoms with Crippen LogP contribution in [0.25, 0.3) is 0 Å². The SMILES string of the molecule is CC1OCCC1SCCCC(N)=NO. The van der Waals surface area contributed by atoms with Crippen molar-refractivity contribution in [3.05, 3.63) is 0 Å². The van der Waals surface area contributed by atoms with Gasteiger partial charge < -0.3 is 15.7 Å². The molecule has 4 nitrogen and oxygen atoms in total. The van der Waals surface area contributed by atoms with Gasteiger partial charge in [0.05, 0.1) is 6.10 Å². The zero-order valence-electron chi connectivity index (χ0n) is 8.48. The molecule has 3 N–H and O–H groups in total. The number of nitrogens with two attached hydrogens (primary N) is 1. The molecule has 0 aromatic rings. The molecular weight excluding hydrogens is 200 g/mol. The highest BCUT2D eigenvalue weighted by atomic mass is 32.2. The van der Waals surface area contributed by atoms with Gasteiger partial charge in [0.1, 0.15) is 5.84 Å². The smallest absolute Gasteiger partial charge is 0.139 e. The minimum absolute atomic E-state index is 0.321. The Morgan fingerprint density at radius 1 is 1.71 bits per heavy atom. The van der Waals surface area contributed by atoms with E-state index < -0.39 is 0 Å². The Balaban J connectivity index is 2.03. The van der Waals surface area contributed by atoms with Gasteiger partial charge in [-0.3, -0.25) is 0 Å². The largest absolute Gasteiger partial charge is 0.409 e. The van der Waals surface area contributed by atoms with Crippen molar-refractivity contribution in [1.29, 1.82) is 0 Å². The second-order valence-electron chi connectivity index (χ2n) is 3.47. The number of nitrogens with zero attached hydrogens (tertiary/aromatic N) is 1. The van der Waals surface area contributed by atoms with E-state index in [9.17, 15) is 0 Å². The van der Waals surface area contributed by atoms with Gasteiger partial charge >= 0.3 is 0 Å². The topological polar surface area (TPSA) is 67.8 Å². The van der Waals surface area contributed by atoms with Gasteiger partial charge in [-0.2, -0.15) is 11.8 Å². The Bertz CT molecular complexity index is 199. The van der Waals surface area contributed by atoms with E-state index in [0.29, 0.717) is 23.6 Å².